The number of ether oxygens (including phenoxy) is 1. The molecule has 0 rings (SSSR count). The number of hydrogen-bond acceptors (Lipinski definition) is 3. The van der Waals surface area contributed by atoms with Gasteiger partial charge in [0.2, 0.25) is 0 Å². The van der Waals surface area contributed by atoms with Crippen molar-refractivity contribution in [1.82, 2.24) is 0 Å². The highest BCUT2D eigenvalue weighted by Crippen LogP contribution is 2.13. The summed E-state index contributed by atoms with van der Waals surface area (Å²) < 4.78 is 5.31. The molecule has 0 aromatic rings. The predicted molar refractivity (Wildman–Crippen MR) is 117 cm³/mol. The topological polar surface area (TPSA) is 63.6 Å². The van der Waals surface area contributed by atoms with Gasteiger partial charge in [-0.2, -0.15) is 0 Å². The molecule has 0 heterocycles. The van der Waals surface area contributed by atoms with Crippen molar-refractivity contribution < 1.29 is 19.4 Å². The van der Waals surface area contributed by atoms with Gasteiger partial charge in [0.1, 0.15) is 0 Å². The zero-order valence-corrected chi connectivity index (χ0v) is 18.5. The van der Waals surface area contributed by atoms with Gasteiger partial charge in [-0.3, -0.25) is 9.59 Å². The number of carboxylic acid groups (broad SMARTS) is 1. The molecule has 0 saturated carbocycles. The van der Waals surface area contributed by atoms with Crippen molar-refractivity contribution in [2.75, 3.05) is 6.61 Å². The first-order valence-corrected chi connectivity index (χ1v) is 12.0. The van der Waals surface area contributed by atoms with Gasteiger partial charge in [0.15, 0.2) is 0 Å². The van der Waals surface area contributed by atoms with Crippen LogP contribution in [0.15, 0.2) is 0 Å². The second-order valence-corrected chi connectivity index (χ2v) is 8.12. The Morgan fingerprint density at radius 1 is 0.571 bits per heavy atom. The van der Waals surface area contributed by atoms with Crippen LogP contribution in [0.25, 0.3) is 0 Å². The minimum Gasteiger partial charge on any atom is -0.481 e. The molecule has 0 spiro atoms. The van der Waals surface area contributed by atoms with Crippen molar-refractivity contribution in [3.63, 3.8) is 0 Å². The van der Waals surface area contributed by atoms with E-state index in [-0.39, 0.29) is 5.97 Å². The maximum atomic E-state index is 11.6. The van der Waals surface area contributed by atoms with Gasteiger partial charge in [-0.05, 0) is 19.3 Å². The molecule has 0 aliphatic rings. The van der Waals surface area contributed by atoms with Crippen molar-refractivity contribution in [3.05, 3.63) is 0 Å². The minimum absolute atomic E-state index is 0.0153. The van der Waals surface area contributed by atoms with Crippen LogP contribution >= 0.6 is 0 Å². The number of unbranched alkanes of at least 4 members (excludes halogenated alkanes) is 16. The Morgan fingerprint density at radius 2 is 0.964 bits per heavy atom. The van der Waals surface area contributed by atoms with E-state index >= 15 is 0 Å². The van der Waals surface area contributed by atoms with Crippen molar-refractivity contribution in [1.29, 1.82) is 0 Å². The summed E-state index contributed by atoms with van der Waals surface area (Å²) in [5.74, 6) is -0.690. The SMILES string of the molecule is CCCCCCCCC(=O)OCCCCCCCCCCCCCCC(=O)O. The third kappa shape index (κ3) is 23.0. The Hall–Kier alpha value is -1.06. The van der Waals surface area contributed by atoms with Crippen molar-refractivity contribution >= 4 is 11.9 Å². The van der Waals surface area contributed by atoms with E-state index < -0.39 is 5.97 Å². The first-order valence-electron chi connectivity index (χ1n) is 12.0. The predicted octanol–water partition coefficient (Wildman–Crippen LogP) is 7.44. The van der Waals surface area contributed by atoms with Crippen LogP contribution in [-0.2, 0) is 14.3 Å². The first-order chi connectivity index (χ1) is 13.7. The normalized spacial score (nSPS) is 10.9. The van der Waals surface area contributed by atoms with Crippen LogP contribution < -0.4 is 0 Å². The number of carboxylic acids is 1. The molecule has 0 aliphatic heterocycles. The highest BCUT2D eigenvalue weighted by atomic mass is 16.5. The Balaban J connectivity index is 3.13. The molecule has 1 N–H and O–H groups in total. The van der Waals surface area contributed by atoms with Gasteiger partial charge < -0.3 is 9.84 Å². The van der Waals surface area contributed by atoms with Gasteiger partial charge in [-0.25, -0.2) is 0 Å². The lowest BCUT2D eigenvalue weighted by atomic mass is 10.0. The van der Waals surface area contributed by atoms with Gasteiger partial charge in [-0.1, -0.05) is 103 Å². The Kier molecular flexibility index (Phi) is 21.4. The van der Waals surface area contributed by atoms with Crippen molar-refractivity contribution in [2.45, 2.75) is 135 Å². The van der Waals surface area contributed by atoms with E-state index in [1.165, 1.54) is 77.0 Å². The number of carbonyl (C=O) groups is 2. The third-order valence-electron chi connectivity index (χ3n) is 5.28. The molecule has 0 atom stereocenters. The summed E-state index contributed by atoms with van der Waals surface area (Å²) in [4.78, 5) is 22.0. The fraction of sp³-hybridized carbons (Fsp3) is 0.917. The summed E-state index contributed by atoms with van der Waals surface area (Å²) in [5.41, 5.74) is 0. The van der Waals surface area contributed by atoms with Crippen LogP contribution in [0.1, 0.15) is 135 Å². The van der Waals surface area contributed by atoms with E-state index in [0.29, 0.717) is 19.4 Å². The van der Waals surface area contributed by atoms with Crippen LogP contribution in [0, 0.1) is 0 Å². The second-order valence-electron chi connectivity index (χ2n) is 8.12. The third-order valence-corrected chi connectivity index (χ3v) is 5.28. The first kappa shape index (κ1) is 26.9. The molecule has 0 bridgehead atoms. The Labute approximate surface area is 173 Å². The number of aliphatic carboxylic acids is 1. The smallest absolute Gasteiger partial charge is 0.305 e. The summed E-state index contributed by atoms with van der Waals surface area (Å²) in [7, 11) is 0. The lowest BCUT2D eigenvalue weighted by Gasteiger charge is -2.05. The minimum atomic E-state index is -0.675. The standard InChI is InChI=1S/C24H46O4/c1-2-3-4-5-15-18-21-24(27)28-22-19-16-13-11-9-7-6-8-10-12-14-17-20-23(25)26/h2-22H2,1H3,(H,25,26). The Morgan fingerprint density at radius 3 is 1.43 bits per heavy atom. The maximum absolute atomic E-state index is 11.6. The molecule has 0 aliphatic carbocycles. The summed E-state index contributed by atoms with van der Waals surface area (Å²) >= 11 is 0. The highest BCUT2D eigenvalue weighted by Gasteiger charge is 2.02. The fourth-order valence-electron chi connectivity index (χ4n) is 3.45. The average molecular weight is 399 g/mol. The molecule has 0 aromatic carbocycles. The number of esters is 1. The molecule has 0 amide bonds. The maximum Gasteiger partial charge on any atom is 0.305 e. The van der Waals surface area contributed by atoms with Gasteiger partial charge in [0, 0.05) is 12.8 Å². The highest BCUT2D eigenvalue weighted by molar-refractivity contribution is 5.69. The van der Waals surface area contributed by atoms with Gasteiger partial charge >= 0.3 is 11.9 Å². The molecule has 0 radical (unpaired) electrons. The molecule has 166 valence electrons. The zero-order chi connectivity index (χ0) is 20.7. The number of rotatable bonds is 22. The summed E-state index contributed by atoms with van der Waals surface area (Å²) in [6, 6.07) is 0. The molecule has 0 aromatic heterocycles. The summed E-state index contributed by atoms with van der Waals surface area (Å²) in [6.45, 7) is 2.81. The van der Waals surface area contributed by atoms with Gasteiger partial charge in [-0.15, -0.1) is 0 Å². The number of carbonyl (C=O) groups excluding carboxylic acids is 1. The average Bonchev–Trinajstić information content (AvgIpc) is 2.67. The summed E-state index contributed by atoms with van der Waals surface area (Å²) in [6.07, 6.45) is 22.3. The molecule has 0 saturated heterocycles. The van der Waals surface area contributed by atoms with Crippen LogP contribution in [0.5, 0.6) is 0 Å². The molecule has 0 fully saturated rings. The second kappa shape index (κ2) is 22.2. The van der Waals surface area contributed by atoms with E-state index in [2.05, 4.69) is 6.92 Å². The zero-order valence-electron chi connectivity index (χ0n) is 18.5. The molecule has 28 heavy (non-hydrogen) atoms. The van der Waals surface area contributed by atoms with Gasteiger partial charge in [0.05, 0.1) is 6.61 Å². The molecule has 4 heteroatoms. The van der Waals surface area contributed by atoms with Crippen LogP contribution in [0.2, 0.25) is 0 Å². The quantitative estimate of drug-likeness (QED) is 0.152. The van der Waals surface area contributed by atoms with E-state index in [9.17, 15) is 9.59 Å². The molecular formula is C24H46O4. The van der Waals surface area contributed by atoms with E-state index in [4.69, 9.17) is 9.84 Å². The molecule has 4 nitrogen and oxygen atoms in total. The van der Waals surface area contributed by atoms with E-state index in [1.54, 1.807) is 0 Å². The van der Waals surface area contributed by atoms with E-state index in [0.717, 1.165) is 38.5 Å². The van der Waals surface area contributed by atoms with Crippen LogP contribution in [-0.4, -0.2) is 23.7 Å². The fourth-order valence-corrected chi connectivity index (χ4v) is 3.45. The van der Waals surface area contributed by atoms with Crippen LogP contribution in [0.4, 0.5) is 0 Å². The molecule has 0 unspecified atom stereocenters. The number of hydrogen-bond donors (Lipinski definition) is 1. The van der Waals surface area contributed by atoms with Gasteiger partial charge in [0.25, 0.3) is 0 Å². The lowest BCUT2D eigenvalue weighted by Crippen LogP contribution is -2.05. The molecular weight excluding hydrogens is 352 g/mol. The van der Waals surface area contributed by atoms with Crippen LogP contribution in [0.3, 0.4) is 0 Å². The Bertz CT molecular complexity index is 355. The lowest BCUT2D eigenvalue weighted by molar-refractivity contribution is -0.144. The van der Waals surface area contributed by atoms with E-state index in [1.807, 2.05) is 0 Å². The summed E-state index contributed by atoms with van der Waals surface area (Å²) in [5, 5.41) is 8.57. The van der Waals surface area contributed by atoms with Crippen molar-refractivity contribution in [2.24, 2.45) is 0 Å². The largest absolute Gasteiger partial charge is 0.481 e. The van der Waals surface area contributed by atoms with Crippen molar-refractivity contribution in [3.8, 4) is 0 Å². The monoisotopic (exact) mass is 398 g/mol.